The fraction of sp³-hybridized carbons (Fsp3) is 0.250. The van der Waals surface area contributed by atoms with E-state index in [1.165, 1.54) is 0 Å². The smallest absolute Gasteiger partial charge is 0.162 e. The van der Waals surface area contributed by atoms with Crippen molar-refractivity contribution in [1.82, 2.24) is 0 Å². The minimum absolute atomic E-state index is 0.598. The Morgan fingerprint density at radius 3 is 2.00 bits per heavy atom. The lowest BCUT2D eigenvalue weighted by Crippen LogP contribution is -2.13. The third kappa shape index (κ3) is 2.81. The van der Waals surface area contributed by atoms with E-state index < -0.39 is 0 Å². The number of methoxy groups -OCH3 is 3. The molecule has 0 aliphatic heterocycles. The van der Waals surface area contributed by atoms with Gasteiger partial charge in [0.2, 0.25) is 0 Å². The van der Waals surface area contributed by atoms with Crippen molar-refractivity contribution in [3.63, 3.8) is 0 Å². The summed E-state index contributed by atoms with van der Waals surface area (Å²) in [5.41, 5.74) is 8.46. The van der Waals surface area contributed by atoms with Gasteiger partial charge in [0.25, 0.3) is 0 Å². The zero-order valence-corrected chi connectivity index (χ0v) is 12.7. The molecule has 2 aromatic carbocycles. The summed E-state index contributed by atoms with van der Waals surface area (Å²) >= 11 is 0. The number of rotatable bonds is 5. The second-order valence-electron chi connectivity index (χ2n) is 4.50. The number of para-hydroxylation sites is 2. The van der Waals surface area contributed by atoms with Gasteiger partial charge in [-0.3, -0.25) is 0 Å². The van der Waals surface area contributed by atoms with Crippen LogP contribution in [0.2, 0.25) is 0 Å². The molecule has 0 amide bonds. The van der Waals surface area contributed by atoms with Gasteiger partial charge in [0, 0.05) is 19.2 Å². The molecule has 0 saturated heterocycles. The molecule has 0 fully saturated rings. The maximum atomic E-state index is 6.13. The van der Waals surface area contributed by atoms with Crippen LogP contribution in [0.25, 0.3) is 0 Å². The molecule has 0 spiro atoms. The summed E-state index contributed by atoms with van der Waals surface area (Å²) in [6.45, 7) is 0. The van der Waals surface area contributed by atoms with E-state index in [9.17, 15) is 0 Å². The summed E-state index contributed by atoms with van der Waals surface area (Å²) in [4.78, 5) is 1.95. The molecule has 0 aliphatic rings. The average molecular weight is 288 g/mol. The van der Waals surface area contributed by atoms with Crippen LogP contribution in [-0.4, -0.2) is 28.4 Å². The van der Waals surface area contributed by atoms with Crippen molar-refractivity contribution in [3.8, 4) is 17.2 Å². The number of hydrogen-bond acceptors (Lipinski definition) is 5. The Morgan fingerprint density at radius 1 is 0.810 bits per heavy atom. The molecular weight excluding hydrogens is 268 g/mol. The van der Waals surface area contributed by atoms with Gasteiger partial charge in [-0.1, -0.05) is 12.1 Å². The fourth-order valence-corrected chi connectivity index (χ4v) is 2.21. The van der Waals surface area contributed by atoms with Crippen LogP contribution in [0.3, 0.4) is 0 Å². The van der Waals surface area contributed by atoms with Crippen LogP contribution in [0.4, 0.5) is 17.1 Å². The summed E-state index contributed by atoms with van der Waals surface area (Å²) in [6, 6.07) is 11.3. The lowest BCUT2D eigenvalue weighted by molar-refractivity contribution is 0.355. The zero-order valence-electron chi connectivity index (χ0n) is 12.7. The van der Waals surface area contributed by atoms with E-state index in [1.54, 1.807) is 27.4 Å². The van der Waals surface area contributed by atoms with Gasteiger partial charge in [0.1, 0.15) is 5.75 Å². The largest absolute Gasteiger partial charge is 0.495 e. The number of ether oxygens (including phenoxy) is 3. The Morgan fingerprint density at radius 2 is 1.38 bits per heavy atom. The zero-order chi connectivity index (χ0) is 15.4. The number of nitrogen functional groups attached to an aromatic ring is 1. The van der Waals surface area contributed by atoms with Crippen molar-refractivity contribution in [2.75, 3.05) is 39.0 Å². The molecular formula is C16H20N2O3. The molecule has 21 heavy (non-hydrogen) atoms. The summed E-state index contributed by atoms with van der Waals surface area (Å²) in [5, 5.41) is 0. The highest BCUT2D eigenvalue weighted by Gasteiger charge is 2.15. The van der Waals surface area contributed by atoms with Gasteiger partial charge in [-0.2, -0.15) is 0 Å². The standard InChI is InChI=1S/C16H20N2O3/c1-18(12-7-5-6-8-14(12)19-2)13-10-16(21-4)15(20-3)9-11(13)17/h5-10H,17H2,1-4H3. The molecule has 0 radical (unpaired) electrons. The molecule has 0 atom stereocenters. The van der Waals surface area contributed by atoms with Crippen molar-refractivity contribution in [1.29, 1.82) is 0 Å². The predicted octanol–water partition coefficient (Wildman–Crippen LogP) is 3.06. The van der Waals surface area contributed by atoms with Crippen molar-refractivity contribution < 1.29 is 14.2 Å². The van der Waals surface area contributed by atoms with Gasteiger partial charge in [-0.15, -0.1) is 0 Å². The summed E-state index contributed by atoms with van der Waals surface area (Å²) in [6.07, 6.45) is 0. The molecule has 0 aromatic heterocycles. The Kier molecular flexibility index (Phi) is 4.42. The molecule has 2 aromatic rings. The number of anilines is 3. The first-order valence-electron chi connectivity index (χ1n) is 6.50. The third-order valence-corrected chi connectivity index (χ3v) is 3.34. The lowest BCUT2D eigenvalue weighted by Gasteiger charge is -2.24. The molecule has 0 bridgehead atoms. The second-order valence-corrected chi connectivity index (χ2v) is 4.50. The first-order chi connectivity index (χ1) is 10.1. The molecule has 0 aliphatic carbocycles. The second kappa shape index (κ2) is 6.26. The van der Waals surface area contributed by atoms with Gasteiger partial charge >= 0.3 is 0 Å². The average Bonchev–Trinajstić information content (AvgIpc) is 2.53. The Balaban J connectivity index is 2.50. The van der Waals surface area contributed by atoms with Crippen LogP contribution in [0.15, 0.2) is 36.4 Å². The van der Waals surface area contributed by atoms with Crippen LogP contribution in [0.1, 0.15) is 0 Å². The van der Waals surface area contributed by atoms with Gasteiger partial charge in [0.05, 0.1) is 38.4 Å². The van der Waals surface area contributed by atoms with Crippen molar-refractivity contribution in [2.45, 2.75) is 0 Å². The highest BCUT2D eigenvalue weighted by Crippen LogP contribution is 2.40. The molecule has 5 nitrogen and oxygen atoms in total. The summed E-state index contributed by atoms with van der Waals surface area (Å²) in [5.74, 6) is 2.00. The van der Waals surface area contributed by atoms with E-state index in [0.29, 0.717) is 17.2 Å². The van der Waals surface area contributed by atoms with E-state index >= 15 is 0 Å². The van der Waals surface area contributed by atoms with E-state index in [1.807, 2.05) is 42.3 Å². The minimum Gasteiger partial charge on any atom is -0.495 e. The van der Waals surface area contributed by atoms with Crippen molar-refractivity contribution in [3.05, 3.63) is 36.4 Å². The number of nitrogens with zero attached hydrogens (tertiary/aromatic N) is 1. The molecule has 5 heteroatoms. The van der Waals surface area contributed by atoms with Crippen molar-refractivity contribution >= 4 is 17.1 Å². The van der Waals surface area contributed by atoms with E-state index in [4.69, 9.17) is 19.9 Å². The van der Waals surface area contributed by atoms with Gasteiger partial charge in [0.15, 0.2) is 11.5 Å². The maximum absolute atomic E-state index is 6.13. The van der Waals surface area contributed by atoms with E-state index in [2.05, 4.69) is 0 Å². The normalized spacial score (nSPS) is 10.1. The summed E-state index contributed by atoms with van der Waals surface area (Å²) in [7, 11) is 6.75. The van der Waals surface area contributed by atoms with Gasteiger partial charge in [-0.25, -0.2) is 0 Å². The first-order valence-corrected chi connectivity index (χ1v) is 6.50. The van der Waals surface area contributed by atoms with Crippen LogP contribution < -0.4 is 24.8 Å². The third-order valence-electron chi connectivity index (χ3n) is 3.34. The van der Waals surface area contributed by atoms with E-state index in [0.717, 1.165) is 17.1 Å². The fourth-order valence-electron chi connectivity index (χ4n) is 2.21. The highest BCUT2D eigenvalue weighted by atomic mass is 16.5. The monoisotopic (exact) mass is 288 g/mol. The van der Waals surface area contributed by atoms with E-state index in [-0.39, 0.29) is 0 Å². The molecule has 0 heterocycles. The Hall–Kier alpha value is -2.56. The SMILES string of the molecule is COc1cc(N)c(N(C)c2ccccc2OC)cc1OC. The molecule has 112 valence electrons. The van der Waals surface area contributed by atoms with Gasteiger partial charge in [-0.05, 0) is 12.1 Å². The summed E-state index contributed by atoms with van der Waals surface area (Å²) < 4.78 is 16.0. The predicted molar refractivity (Wildman–Crippen MR) is 85.0 cm³/mol. The Labute approximate surface area is 124 Å². The van der Waals surface area contributed by atoms with Crippen LogP contribution >= 0.6 is 0 Å². The molecule has 2 rings (SSSR count). The number of hydrogen-bond donors (Lipinski definition) is 1. The quantitative estimate of drug-likeness (QED) is 0.857. The molecule has 0 unspecified atom stereocenters. The number of benzene rings is 2. The highest BCUT2D eigenvalue weighted by molar-refractivity contribution is 5.80. The van der Waals surface area contributed by atoms with Crippen LogP contribution in [0.5, 0.6) is 17.2 Å². The Bertz CT molecular complexity index is 629. The first kappa shape index (κ1) is 14.8. The number of nitrogens with two attached hydrogens (primary N) is 1. The lowest BCUT2D eigenvalue weighted by atomic mass is 10.2. The maximum Gasteiger partial charge on any atom is 0.162 e. The minimum atomic E-state index is 0.598. The van der Waals surface area contributed by atoms with Gasteiger partial charge < -0.3 is 24.8 Å². The topological polar surface area (TPSA) is 57.0 Å². The van der Waals surface area contributed by atoms with Crippen LogP contribution in [0, 0.1) is 0 Å². The van der Waals surface area contributed by atoms with Crippen LogP contribution in [-0.2, 0) is 0 Å². The van der Waals surface area contributed by atoms with Crippen molar-refractivity contribution in [2.24, 2.45) is 0 Å². The molecule has 2 N–H and O–H groups in total. The molecule has 0 saturated carbocycles.